The van der Waals surface area contributed by atoms with Crippen molar-refractivity contribution in [3.63, 3.8) is 0 Å². The van der Waals surface area contributed by atoms with Gasteiger partial charge in [0.25, 0.3) is 0 Å². The molecule has 0 spiro atoms. The standard InChI is InChI=1S/C9H15N3/c1-7(2)12-6-11-5-9(12)8-3-10-4-8/h5-8,10H,3-4H2,1-2H3. The minimum absolute atomic E-state index is 0.531. The predicted octanol–water partition coefficient (Wildman–Crippen LogP) is 1.15. The summed E-state index contributed by atoms with van der Waals surface area (Å²) >= 11 is 0. The number of hydrogen-bond acceptors (Lipinski definition) is 2. The van der Waals surface area contributed by atoms with Crippen molar-refractivity contribution in [2.75, 3.05) is 13.1 Å². The van der Waals surface area contributed by atoms with Crippen LogP contribution in [0.5, 0.6) is 0 Å². The molecule has 3 heteroatoms. The molecule has 1 aromatic heterocycles. The summed E-state index contributed by atoms with van der Waals surface area (Å²) in [5.41, 5.74) is 1.38. The first-order chi connectivity index (χ1) is 5.79. The topological polar surface area (TPSA) is 29.9 Å². The van der Waals surface area contributed by atoms with Crippen LogP contribution in [-0.2, 0) is 0 Å². The van der Waals surface area contributed by atoms with Crippen LogP contribution in [0.4, 0.5) is 0 Å². The molecule has 1 aromatic rings. The molecule has 3 nitrogen and oxygen atoms in total. The SMILES string of the molecule is CC(C)n1cncc1C1CNC1. The quantitative estimate of drug-likeness (QED) is 0.712. The Bertz CT molecular complexity index is 260. The van der Waals surface area contributed by atoms with Gasteiger partial charge >= 0.3 is 0 Å². The Morgan fingerprint density at radius 1 is 1.58 bits per heavy atom. The number of hydrogen-bond donors (Lipinski definition) is 1. The lowest BCUT2D eigenvalue weighted by atomic mass is 9.99. The van der Waals surface area contributed by atoms with Gasteiger partial charge in [-0.3, -0.25) is 0 Å². The maximum absolute atomic E-state index is 4.18. The number of imidazole rings is 1. The van der Waals surface area contributed by atoms with Gasteiger partial charge in [0.05, 0.1) is 6.33 Å². The van der Waals surface area contributed by atoms with Crippen LogP contribution >= 0.6 is 0 Å². The molecule has 0 aliphatic carbocycles. The van der Waals surface area contributed by atoms with E-state index in [2.05, 4.69) is 28.7 Å². The first-order valence-corrected chi connectivity index (χ1v) is 4.51. The van der Waals surface area contributed by atoms with Gasteiger partial charge in [-0.05, 0) is 13.8 Å². The molecular weight excluding hydrogens is 150 g/mol. The van der Waals surface area contributed by atoms with Crippen molar-refractivity contribution in [1.29, 1.82) is 0 Å². The number of rotatable bonds is 2. The fraction of sp³-hybridized carbons (Fsp3) is 0.667. The Morgan fingerprint density at radius 2 is 2.33 bits per heavy atom. The van der Waals surface area contributed by atoms with E-state index in [9.17, 15) is 0 Å². The van der Waals surface area contributed by atoms with E-state index in [-0.39, 0.29) is 0 Å². The maximum atomic E-state index is 4.18. The van der Waals surface area contributed by atoms with E-state index >= 15 is 0 Å². The third-order valence-electron chi connectivity index (χ3n) is 2.45. The normalized spacial score (nSPS) is 18.2. The Morgan fingerprint density at radius 3 is 2.83 bits per heavy atom. The maximum Gasteiger partial charge on any atom is 0.0950 e. The summed E-state index contributed by atoms with van der Waals surface area (Å²) in [5, 5.41) is 3.27. The Hall–Kier alpha value is -0.830. The van der Waals surface area contributed by atoms with Gasteiger partial charge in [0.1, 0.15) is 0 Å². The van der Waals surface area contributed by atoms with Gasteiger partial charge in [-0.1, -0.05) is 0 Å². The summed E-state index contributed by atoms with van der Waals surface area (Å²) in [7, 11) is 0. The highest BCUT2D eigenvalue weighted by Crippen LogP contribution is 2.21. The van der Waals surface area contributed by atoms with Crippen molar-refractivity contribution in [3.05, 3.63) is 18.2 Å². The minimum Gasteiger partial charge on any atom is -0.332 e. The molecule has 2 heterocycles. The summed E-state index contributed by atoms with van der Waals surface area (Å²) in [6.45, 7) is 6.60. The van der Waals surface area contributed by atoms with Crippen LogP contribution in [-0.4, -0.2) is 22.6 Å². The summed E-state index contributed by atoms with van der Waals surface area (Å²) in [6.07, 6.45) is 3.92. The van der Waals surface area contributed by atoms with Crippen LogP contribution < -0.4 is 5.32 Å². The molecule has 1 aliphatic heterocycles. The molecule has 0 aromatic carbocycles. The number of aromatic nitrogens is 2. The Kier molecular flexibility index (Phi) is 1.89. The van der Waals surface area contributed by atoms with E-state index < -0.39 is 0 Å². The van der Waals surface area contributed by atoms with Gasteiger partial charge in [-0.15, -0.1) is 0 Å². The number of nitrogens with zero attached hydrogens (tertiary/aromatic N) is 2. The lowest BCUT2D eigenvalue weighted by Gasteiger charge is -2.28. The van der Waals surface area contributed by atoms with Crippen molar-refractivity contribution in [3.8, 4) is 0 Å². The van der Waals surface area contributed by atoms with Gasteiger partial charge in [0.2, 0.25) is 0 Å². The zero-order valence-electron chi connectivity index (χ0n) is 7.62. The molecule has 0 unspecified atom stereocenters. The van der Waals surface area contributed by atoms with Crippen molar-refractivity contribution < 1.29 is 0 Å². The van der Waals surface area contributed by atoms with Crippen molar-refractivity contribution >= 4 is 0 Å². The van der Waals surface area contributed by atoms with Crippen LogP contribution in [0.25, 0.3) is 0 Å². The van der Waals surface area contributed by atoms with Gasteiger partial charge in [0.15, 0.2) is 0 Å². The Balaban J connectivity index is 2.23. The first-order valence-electron chi connectivity index (χ1n) is 4.51. The van der Waals surface area contributed by atoms with Crippen LogP contribution in [0, 0.1) is 0 Å². The predicted molar refractivity (Wildman–Crippen MR) is 48.2 cm³/mol. The second-order valence-corrected chi connectivity index (χ2v) is 3.67. The number of nitrogens with one attached hydrogen (secondary N) is 1. The van der Waals surface area contributed by atoms with Crippen molar-refractivity contribution in [2.45, 2.75) is 25.8 Å². The summed E-state index contributed by atoms with van der Waals surface area (Å²) in [4.78, 5) is 4.18. The molecule has 1 saturated heterocycles. The zero-order chi connectivity index (χ0) is 8.55. The van der Waals surface area contributed by atoms with Crippen molar-refractivity contribution in [2.24, 2.45) is 0 Å². The lowest BCUT2D eigenvalue weighted by Crippen LogP contribution is -2.41. The molecule has 66 valence electrons. The van der Waals surface area contributed by atoms with E-state index in [1.807, 2.05) is 12.5 Å². The van der Waals surface area contributed by atoms with Crippen LogP contribution in [0.15, 0.2) is 12.5 Å². The van der Waals surface area contributed by atoms with Gasteiger partial charge in [-0.2, -0.15) is 0 Å². The van der Waals surface area contributed by atoms with E-state index in [1.54, 1.807) is 0 Å². The molecule has 0 radical (unpaired) electrons. The summed E-state index contributed by atoms with van der Waals surface area (Å²) in [6, 6.07) is 0.531. The highest BCUT2D eigenvalue weighted by molar-refractivity contribution is 5.12. The molecule has 0 saturated carbocycles. The Labute approximate surface area is 72.8 Å². The smallest absolute Gasteiger partial charge is 0.0950 e. The first kappa shape index (κ1) is 7.80. The monoisotopic (exact) mass is 165 g/mol. The molecule has 0 atom stereocenters. The van der Waals surface area contributed by atoms with Gasteiger partial charge in [0, 0.05) is 36.9 Å². The summed E-state index contributed by atoms with van der Waals surface area (Å²) < 4.78 is 2.26. The average molecular weight is 165 g/mol. The third-order valence-corrected chi connectivity index (χ3v) is 2.45. The van der Waals surface area contributed by atoms with E-state index in [0.29, 0.717) is 12.0 Å². The second-order valence-electron chi connectivity index (χ2n) is 3.67. The highest BCUT2D eigenvalue weighted by Gasteiger charge is 2.22. The molecule has 0 amide bonds. The third kappa shape index (κ3) is 1.14. The fourth-order valence-electron chi connectivity index (χ4n) is 1.56. The second kappa shape index (κ2) is 2.90. The molecule has 2 rings (SSSR count). The summed E-state index contributed by atoms with van der Waals surface area (Å²) in [5.74, 6) is 0.690. The molecule has 1 fully saturated rings. The van der Waals surface area contributed by atoms with Crippen molar-refractivity contribution in [1.82, 2.24) is 14.9 Å². The fourth-order valence-corrected chi connectivity index (χ4v) is 1.56. The van der Waals surface area contributed by atoms with Gasteiger partial charge in [-0.25, -0.2) is 4.98 Å². The highest BCUT2D eigenvalue weighted by atomic mass is 15.1. The lowest BCUT2D eigenvalue weighted by molar-refractivity contribution is 0.414. The average Bonchev–Trinajstić information content (AvgIpc) is 2.31. The zero-order valence-corrected chi connectivity index (χ0v) is 7.62. The molecule has 12 heavy (non-hydrogen) atoms. The largest absolute Gasteiger partial charge is 0.332 e. The van der Waals surface area contributed by atoms with Gasteiger partial charge < -0.3 is 9.88 Å². The van der Waals surface area contributed by atoms with Crippen LogP contribution in [0.2, 0.25) is 0 Å². The minimum atomic E-state index is 0.531. The van der Waals surface area contributed by atoms with E-state index in [4.69, 9.17) is 0 Å². The molecule has 0 bridgehead atoms. The van der Waals surface area contributed by atoms with E-state index in [1.165, 1.54) is 5.69 Å². The molecule has 1 aliphatic rings. The van der Waals surface area contributed by atoms with E-state index in [0.717, 1.165) is 13.1 Å². The van der Waals surface area contributed by atoms with Crippen LogP contribution in [0.3, 0.4) is 0 Å². The molecular formula is C9H15N3. The van der Waals surface area contributed by atoms with Crippen LogP contribution in [0.1, 0.15) is 31.5 Å². The molecule has 1 N–H and O–H groups in total.